The number of piperidine rings is 1. The molecule has 0 unspecified atom stereocenters. The largest absolute Gasteiger partial charge is 0.493 e. The number of anilines is 1. The molecule has 3 N–H and O–H groups in total. The summed E-state index contributed by atoms with van der Waals surface area (Å²) in [5, 5.41) is 11.4. The fourth-order valence-corrected chi connectivity index (χ4v) is 5.55. The molecular weight excluding hydrogens is 508 g/mol. The predicted octanol–water partition coefficient (Wildman–Crippen LogP) is 3.90. The summed E-state index contributed by atoms with van der Waals surface area (Å²) in [5.41, 5.74) is 12.9. The van der Waals surface area contributed by atoms with E-state index in [1.165, 1.54) is 10.1 Å². The van der Waals surface area contributed by atoms with Gasteiger partial charge < -0.3 is 20.5 Å². The summed E-state index contributed by atoms with van der Waals surface area (Å²) in [4.78, 5) is 35.7. The number of hydrogen-bond donors (Lipinski definition) is 2. The number of aliphatic hydroxyl groups is 1. The van der Waals surface area contributed by atoms with E-state index in [-0.39, 0.29) is 17.6 Å². The number of fused-ring (bicyclic) bond motifs is 2. The molecule has 1 fully saturated rings. The second kappa shape index (κ2) is 11.8. The Bertz CT molecular complexity index is 1520. The smallest absolute Gasteiger partial charge is 0.222 e. The second-order valence-electron chi connectivity index (χ2n) is 9.92. The first-order chi connectivity index (χ1) is 19.6. The van der Waals surface area contributed by atoms with Crippen LogP contribution in [0.25, 0.3) is 28.0 Å². The maximum absolute atomic E-state index is 12.1. The number of aliphatic hydroxyl groups excluding tert-OH is 1. The van der Waals surface area contributed by atoms with Gasteiger partial charge in [0.05, 0.1) is 29.8 Å². The zero-order chi connectivity index (χ0) is 28.2. The third-order valence-corrected chi connectivity index (χ3v) is 7.68. The van der Waals surface area contributed by atoms with Crippen LogP contribution < -0.4 is 10.5 Å². The molecule has 10 heteroatoms. The molecule has 208 valence electrons. The molecule has 2 aliphatic heterocycles. The van der Waals surface area contributed by atoms with Crippen molar-refractivity contribution in [3.8, 4) is 28.1 Å². The maximum Gasteiger partial charge on any atom is 0.222 e. The predicted molar refractivity (Wildman–Crippen MR) is 152 cm³/mol. The molecule has 1 saturated heterocycles. The molecule has 10 nitrogen and oxygen atoms in total. The lowest BCUT2D eigenvalue weighted by Gasteiger charge is -2.32. The van der Waals surface area contributed by atoms with Crippen molar-refractivity contribution in [2.45, 2.75) is 44.9 Å². The van der Waals surface area contributed by atoms with Crippen molar-refractivity contribution >= 4 is 23.7 Å². The van der Waals surface area contributed by atoms with E-state index in [0.717, 1.165) is 73.8 Å². The minimum atomic E-state index is 0.0413. The number of benzene rings is 1. The molecule has 40 heavy (non-hydrogen) atoms. The first-order valence-electron chi connectivity index (χ1n) is 13.6. The second-order valence-corrected chi connectivity index (χ2v) is 9.92. The minimum Gasteiger partial charge on any atom is -0.493 e. The van der Waals surface area contributed by atoms with Crippen LogP contribution in [0.2, 0.25) is 0 Å². The monoisotopic (exact) mass is 542 g/mol. The van der Waals surface area contributed by atoms with Crippen molar-refractivity contribution in [2.24, 2.45) is 0 Å². The van der Waals surface area contributed by atoms with Crippen molar-refractivity contribution in [1.29, 1.82) is 0 Å². The van der Waals surface area contributed by atoms with E-state index in [1.807, 2.05) is 42.3 Å². The number of nitrogens with two attached hydrogens (primary N) is 1. The van der Waals surface area contributed by atoms with Crippen LogP contribution in [0.3, 0.4) is 0 Å². The molecule has 2 aliphatic rings. The molecule has 0 aliphatic carbocycles. The molecular formula is C30H34N6O4. The van der Waals surface area contributed by atoms with E-state index in [0.29, 0.717) is 36.4 Å². The highest BCUT2D eigenvalue weighted by Crippen LogP contribution is 2.35. The number of carbonyl (C=O) groups excluding carboxylic acids is 2. The number of ether oxygens (including phenoxy) is 1. The van der Waals surface area contributed by atoms with Crippen molar-refractivity contribution in [2.75, 3.05) is 32.5 Å². The SMILES string of the molecule is CCC(=O)N1CCC(c2nc3c(-c4ccc(-c5ccc6c(c5)CCCO6)nc4)cnn3c(N)c2C=O)CC1.CO. The van der Waals surface area contributed by atoms with Crippen molar-refractivity contribution in [1.82, 2.24) is 24.5 Å². The van der Waals surface area contributed by atoms with Crippen LogP contribution in [0, 0.1) is 0 Å². The van der Waals surface area contributed by atoms with Crippen LogP contribution in [-0.4, -0.2) is 68.6 Å². The zero-order valence-electron chi connectivity index (χ0n) is 22.8. The third kappa shape index (κ3) is 5.02. The van der Waals surface area contributed by atoms with Crippen molar-refractivity contribution in [3.63, 3.8) is 0 Å². The van der Waals surface area contributed by atoms with Gasteiger partial charge in [-0.05, 0) is 55.5 Å². The summed E-state index contributed by atoms with van der Waals surface area (Å²) in [6.45, 7) is 3.94. The number of amides is 1. The first kappa shape index (κ1) is 27.3. The average Bonchev–Trinajstić information content (AvgIpc) is 3.46. The maximum atomic E-state index is 12.1. The van der Waals surface area contributed by atoms with Crippen molar-refractivity contribution in [3.05, 3.63) is 59.5 Å². The number of aromatic nitrogens is 4. The summed E-state index contributed by atoms with van der Waals surface area (Å²) in [6.07, 6.45) is 8.31. The van der Waals surface area contributed by atoms with Gasteiger partial charge in [0, 0.05) is 55.4 Å². The Kier molecular flexibility index (Phi) is 8.06. The van der Waals surface area contributed by atoms with Crippen LogP contribution in [0.4, 0.5) is 5.82 Å². The number of rotatable bonds is 5. The van der Waals surface area contributed by atoms with Gasteiger partial charge in [0.25, 0.3) is 0 Å². The van der Waals surface area contributed by atoms with Gasteiger partial charge in [0.2, 0.25) is 5.91 Å². The van der Waals surface area contributed by atoms with Gasteiger partial charge >= 0.3 is 0 Å². The lowest BCUT2D eigenvalue weighted by atomic mass is 9.90. The highest BCUT2D eigenvalue weighted by atomic mass is 16.5. The molecule has 0 saturated carbocycles. The fourth-order valence-electron chi connectivity index (χ4n) is 5.55. The normalized spacial score (nSPS) is 15.1. The van der Waals surface area contributed by atoms with E-state index in [4.69, 9.17) is 25.5 Å². The number of aldehydes is 1. The number of nitrogens with zero attached hydrogens (tertiary/aromatic N) is 5. The van der Waals surface area contributed by atoms with Gasteiger partial charge in [-0.3, -0.25) is 14.6 Å². The lowest BCUT2D eigenvalue weighted by molar-refractivity contribution is -0.131. The molecule has 3 aromatic heterocycles. The molecule has 1 amide bonds. The summed E-state index contributed by atoms with van der Waals surface area (Å²) < 4.78 is 7.26. The zero-order valence-corrected chi connectivity index (χ0v) is 22.8. The number of nitrogen functional groups attached to an aromatic ring is 1. The minimum absolute atomic E-state index is 0.0413. The summed E-state index contributed by atoms with van der Waals surface area (Å²) in [5.74, 6) is 1.43. The Hall–Kier alpha value is -4.31. The molecule has 1 aromatic carbocycles. The molecule has 6 rings (SSSR count). The molecule has 0 radical (unpaired) electrons. The molecule has 0 bridgehead atoms. The number of pyridine rings is 1. The molecule has 0 atom stereocenters. The standard InChI is InChI=1S/C29H30N6O3.CH4O/c1-2-26(37)34-11-9-18(10-12-34)27-23(17-36)28(30)35-29(33-27)22(16-32-35)21-5-7-24(31-15-21)19-6-8-25-20(14-19)4-3-13-38-25;1-2/h5-8,14-18H,2-4,9-13,30H2,1H3;2H,1H3. The fraction of sp³-hybridized carbons (Fsp3) is 0.367. The first-order valence-corrected chi connectivity index (χ1v) is 13.6. The Labute approximate surface area is 232 Å². The van der Waals surface area contributed by atoms with Gasteiger partial charge in [0.15, 0.2) is 11.9 Å². The number of aryl methyl sites for hydroxylation is 1. The van der Waals surface area contributed by atoms with E-state index in [9.17, 15) is 9.59 Å². The average molecular weight is 543 g/mol. The Morgan fingerprint density at radius 1 is 1.15 bits per heavy atom. The molecule has 0 spiro atoms. The van der Waals surface area contributed by atoms with Gasteiger partial charge in [-0.2, -0.15) is 9.61 Å². The quantitative estimate of drug-likeness (QED) is 0.363. The van der Waals surface area contributed by atoms with Crippen LogP contribution in [0.15, 0.2) is 42.7 Å². The van der Waals surface area contributed by atoms with Gasteiger partial charge in [-0.1, -0.05) is 13.0 Å². The Balaban J connectivity index is 0.00000158. The van der Waals surface area contributed by atoms with E-state index in [2.05, 4.69) is 11.2 Å². The van der Waals surface area contributed by atoms with Crippen LogP contribution in [-0.2, 0) is 11.2 Å². The number of likely N-dealkylation sites (tertiary alicyclic amines) is 1. The summed E-state index contributed by atoms with van der Waals surface area (Å²) >= 11 is 0. The summed E-state index contributed by atoms with van der Waals surface area (Å²) in [6, 6.07) is 10.2. The van der Waals surface area contributed by atoms with Crippen LogP contribution in [0.5, 0.6) is 5.75 Å². The van der Waals surface area contributed by atoms with Crippen LogP contribution >= 0.6 is 0 Å². The molecule has 5 heterocycles. The van der Waals surface area contributed by atoms with E-state index >= 15 is 0 Å². The third-order valence-electron chi connectivity index (χ3n) is 7.68. The number of hydrogen-bond acceptors (Lipinski definition) is 8. The number of carbonyl (C=O) groups is 2. The highest BCUT2D eigenvalue weighted by Gasteiger charge is 2.28. The van der Waals surface area contributed by atoms with E-state index < -0.39 is 0 Å². The lowest BCUT2D eigenvalue weighted by Crippen LogP contribution is -2.37. The molecule has 4 aromatic rings. The van der Waals surface area contributed by atoms with Crippen molar-refractivity contribution < 1.29 is 19.4 Å². The van der Waals surface area contributed by atoms with Gasteiger partial charge in [-0.15, -0.1) is 0 Å². The van der Waals surface area contributed by atoms with E-state index in [1.54, 1.807) is 6.20 Å². The van der Waals surface area contributed by atoms with Crippen LogP contribution in [0.1, 0.15) is 60.1 Å². The topological polar surface area (TPSA) is 136 Å². The van der Waals surface area contributed by atoms with Gasteiger partial charge in [0.1, 0.15) is 11.6 Å². The highest BCUT2D eigenvalue weighted by molar-refractivity contribution is 5.87. The summed E-state index contributed by atoms with van der Waals surface area (Å²) in [7, 11) is 1.00. The van der Waals surface area contributed by atoms with Gasteiger partial charge in [-0.25, -0.2) is 4.98 Å². The Morgan fingerprint density at radius 3 is 2.62 bits per heavy atom. The Morgan fingerprint density at radius 2 is 1.93 bits per heavy atom.